The standard InChI is InChI=1S/C21H28N6O2/c1-4-5-6-19-24-25-26-27(19)21(15(3)13-28)10-16(9-17(11-21)20(22)29)18-8-7-14(2)12-23-18/h7-10,12,15,28H,4-6,11,13H2,1-3H3,(H2,22,29)/t15-,21?/m1/s1. The molecule has 0 bridgehead atoms. The lowest BCUT2D eigenvalue weighted by atomic mass is 9.74. The molecule has 2 atom stereocenters. The normalized spacial score (nSPS) is 20.1. The third kappa shape index (κ3) is 4.12. The second kappa shape index (κ2) is 8.65. The summed E-state index contributed by atoms with van der Waals surface area (Å²) in [6, 6.07) is 3.88. The number of aliphatic hydroxyl groups is 1. The van der Waals surface area contributed by atoms with Crippen molar-refractivity contribution in [2.24, 2.45) is 11.7 Å². The van der Waals surface area contributed by atoms with Crippen LogP contribution >= 0.6 is 0 Å². The van der Waals surface area contributed by atoms with Crippen molar-refractivity contribution < 1.29 is 9.90 Å². The Hall–Kier alpha value is -2.87. The summed E-state index contributed by atoms with van der Waals surface area (Å²) >= 11 is 0. The molecule has 0 saturated heterocycles. The maximum atomic E-state index is 12.2. The molecule has 154 valence electrons. The van der Waals surface area contributed by atoms with E-state index in [-0.39, 0.29) is 12.5 Å². The Labute approximate surface area is 170 Å². The number of rotatable bonds is 8. The molecule has 1 unspecified atom stereocenters. The first-order valence-electron chi connectivity index (χ1n) is 9.96. The first-order chi connectivity index (χ1) is 13.9. The van der Waals surface area contributed by atoms with E-state index in [4.69, 9.17) is 5.73 Å². The minimum absolute atomic E-state index is 0.0930. The van der Waals surface area contributed by atoms with Gasteiger partial charge in [-0.2, -0.15) is 0 Å². The predicted molar refractivity (Wildman–Crippen MR) is 109 cm³/mol. The van der Waals surface area contributed by atoms with Crippen LogP contribution in [0.15, 0.2) is 36.1 Å². The number of carbonyl (C=O) groups excluding carboxylic acids is 1. The number of aliphatic hydroxyl groups excluding tert-OH is 1. The number of hydrogen-bond donors (Lipinski definition) is 2. The molecule has 8 nitrogen and oxygen atoms in total. The SMILES string of the molecule is CCCCc1nnnn1C1([C@H](C)CO)C=C(c2ccc(C)cn2)C=C(C(N)=O)C1. The minimum atomic E-state index is -0.817. The van der Waals surface area contributed by atoms with E-state index in [2.05, 4.69) is 27.4 Å². The second-order valence-corrected chi connectivity index (χ2v) is 7.72. The number of pyridine rings is 1. The molecule has 1 amide bonds. The number of hydrogen-bond acceptors (Lipinski definition) is 6. The number of unbranched alkanes of at least 4 members (excludes halogenated alkanes) is 1. The van der Waals surface area contributed by atoms with Gasteiger partial charge in [-0.3, -0.25) is 9.78 Å². The predicted octanol–water partition coefficient (Wildman–Crippen LogP) is 1.94. The van der Waals surface area contributed by atoms with Gasteiger partial charge < -0.3 is 10.8 Å². The number of tetrazole rings is 1. The third-order valence-electron chi connectivity index (χ3n) is 5.54. The zero-order valence-corrected chi connectivity index (χ0v) is 17.2. The largest absolute Gasteiger partial charge is 0.396 e. The molecular formula is C21H28N6O2. The molecule has 3 N–H and O–H groups in total. The molecule has 0 radical (unpaired) electrons. The van der Waals surface area contributed by atoms with Gasteiger partial charge in [-0.25, -0.2) is 4.68 Å². The molecule has 0 fully saturated rings. The Kier molecular flexibility index (Phi) is 6.22. The molecule has 29 heavy (non-hydrogen) atoms. The zero-order chi connectivity index (χ0) is 21.0. The van der Waals surface area contributed by atoms with Crippen molar-refractivity contribution in [3.05, 3.63) is 53.1 Å². The van der Waals surface area contributed by atoms with Crippen LogP contribution in [-0.2, 0) is 16.8 Å². The van der Waals surface area contributed by atoms with Crippen molar-refractivity contribution in [3.63, 3.8) is 0 Å². The van der Waals surface area contributed by atoms with Crippen molar-refractivity contribution in [1.82, 2.24) is 25.2 Å². The topological polar surface area (TPSA) is 120 Å². The molecule has 8 heteroatoms. The quantitative estimate of drug-likeness (QED) is 0.704. The summed E-state index contributed by atoms with van der Waals surface area (Å²) in [6.45, 7) is 5.90. The monoisotopic (exact) mass is 396 g/mol. The fraction of sp³-hybridized carbons (Fsp3) is 0.476. The van der Waals surface area contributed by atoms with Crippen molar-refractivity contribution in [2.75, 3.05) is 6.61 Å². The molecule has 2 aromatic heterocycles. The molecule has 1 aliphatic carbocycles. The number of aromatic nitrogens is 5. The van der Waals surface area contributed by atoms with Crippen molar-refractivity contribution in [1.29, 1.82) is 0 Å². The summed E-state index contributed by atoms with van der Waals surface area (Å²) in [5, 5.41) is 22.4. The lowest BCUT2D eigenvalue weighted by molar-refractivity contribution is -0.115. The molecule has 3 rings (SSSR count). The van der Waals surface area contributed by atoms with Gasteiger partial charge in [0, 0.05) is 37.1 Å². The number of allylic oxidation sites excluding steroid dienone is 3. The molecule has 0 spiro atoms. The molecule has 0 aliphatic heterocycles. The molecule has 1 aliphatic rings. The lowest BCUT2D eigenvalue weighted by Gasteiger charge is -2.39. The summed E-state index contributed by atoms with van der Waals surface area (Å²) < 4.78 is 1.76. The maximum absolute atomic E-state index is 12.2. The summed E-state index contributed by atoms with van der Waals surface area (Å²) in [5.41, 5.74) is 7.87. The van der Waals surface area contributed by atoms with Crippen molar-refractivity contribution >= 4 is 11.5 Å². The number of aryl methyl sites for hydroxylation is 2. The Morgan fingerprint density at radius 3 is 2.83 bits per heavy atom. The van der Waals surface area contributed by atoms with E-state index in [0.717, 1.165) is 35.5 Å². The van der Waals surface area contributed by atoms with Crippen LogP contribution in [0.5, 0.6) is 0 Å². The van der Waals surface area contributed by atoms with Crippen molar-refractivity contribution in [2.45, 2.75) is 52.0 Å². The zero-order valence-electron chi connectivity index (χ0n) is 17.2. The van der Waals surface area contributed by atoms with Crippen LogP contribution in [0, 0.1) is 12.8 Å². The van der Waals surface area contributed by atoms with Crippen LogP contribution in [0.3, 0.4) is 0 Å². The average molecular weight is 396 g/mol. The van der Waals surface area contributed by atoms with Gasteiger partial charge in [0.05, 0.1) is 11.2 Å². The first-order valence-corrected chi connectivity index (χ1v) is 9.96. The van der Waals surface area contributed by atoms with Gasteiger partial charge in [0.25, 0.3) is 0 Å². The summed E-state index contributed by atoms with van der Waals surface area (Å²) in [4.78, 5) is 16.7. The van der Waals surface area contributed by atoms with E-state index in [0.29, 0.717) is 18.4 Å². The molecule has 2 heterocycles. The molecular weight excluding hydrogens is 368 g/mol. The highest BCUT2D eigenvalue weighted by atomic mass is 16.3. The Balaban J connectivity index is 2.19. The van der Waals surface area contributed by atoms with Crippen LogP contribution in [0.1, 0.15) is 50.2 Å². The smallest absolute Gasteiger partial charge is 0.244 e. The van der Waals surface area contributed by atoms with E-state index in [9.17, 15) is 9.90 Å². The third-order valence-corrected chi connectivity index (χ3v) is 5.54. The highest BCUT2D eigenvalue weighted by Gasteiger charge is 2.43. The van der Waals surface area contributed by atoms with E-state index in [1.807, 2.05) is 32.1 Å². The van der Waals surface area contributed by atoms with Crippen LogP contribution in [0.4, 0.5) is 0 Å². The first kappa shape index (κ1) is 20.9. The lowest BCUT2D eigenvalue weighted by Crippen LogP contribution is -2.45. The average Bonchev–Trinajstić information content (AvgIpc) is 3.20. The van der Waals surface area contributed by atoms with Crippen molar-refractivity contribution in [3.8, 4) is 0 Å². The number of nitrogens with zero attached hydrogens (tertiary/aromatic N) is 5. The number of nitrogens with two attached hydrogens (primary N) is 1. The molecule has 0 aromatic carbocycles. The van der Waals surface area contributed by atoms with E-state index < -0.39 is 11.4 Å². The van der Waals surface area contributed by atoms with Crippen LogP contribution in [0.2, 0.25) is 0 Å². The summed E-state index contributed by atoms with van der Waals surface area (Å²) in [6.07, 6.45) is 8.55. The number of primary amides is 1. The van der Waals surface area contributed by atoms with Gasteiger partial charge >= 0.3 is 0 Å². The van der Waals surface area contributed by atoms with Crippen LogP contribution in [-0.4, -0.2) is 42.8 Å². The van der Waals surface area contributed by atoms with Gasteiger partial charge in [0.2, 0.25) is 5.91 Å². The second-order valence-electron chi connectivity index (χ2n) is 7.72. The number of amides is 1. The van der Waals surface area contributed by atoms with Gasteiger partial charge in [-0.15, -0.1) is 5.10 Å². The highest BCUT2D eigenvalue weighted by Crippen LogP contribution is 2.41. The Morgan fingerprint density at radius 2 is 2.21 bits per heavy atom. The van der Waals surface area contributed by atoms with E-state index in [1.165, 1.54) is 0 Å². The summed E-state index contributed by atoms with van der Waals surface area (Å²) in [5.74, 6) is -0.0272. The fourth-order valence-electron chi connectivity index (χ4n) is 3.69. The van der Waals surface area contributed by atoms with Crippen LogP contribution < -0.4 is 5.73 Å². The summed E-state index contributed by atoms with van der Waals surface area (Å²) in [7, 11) is 0. The van der Waals surface area contributed by atoms with Crippen LogP contribution in [0.25, 0.3) is 5.57 Å². The molecule has 2 aromatic rings. The minimum Gasteiger partial charge on any atom is -0.396 e. The van der Waals surface area contributed by atoms with Gasteiger partial charge in [0.1, 0.15) is 0 Å². The Bertz CT molecular complexity index is 931. The Morgan fingerprint density at radius 1 is 1.41 bits per heavy atom. The van der Waals surface area contributed by atoms with Gasteiger partial charge in [0.15, 0.2) is 5.82 Å². The molecule has 0 saturated carbocycles. The highest BCUT2D eigenvalue weighted by molar-refractivity contribution is 5.96. The fourth-order valence-corrected chi connectivity index (χ4v) is 3.69. The van der Waals surface area contributed by atoms with E-state index >= 15 is 0 Å². The maximum Gasteiger partial charge on any atom is 0.244 e. The number of carbonyl (C=O) groups is 1. The van der Waals surface area contributed by atoms with E-state index in [1.54, 1.807) is 17.0 Å². The van der Waals surface area contributed by atoms with Gasteiger partial charge in [-0.1, -0.05) is 26.3 Å². The van der Waals surface area contributed by atoms with Gasteiger partial charge in [-0.05, 0) is 53.1 Å².